The van der Waals surface area contributed by atoms with Crippen LogP contribution in [0.25, 0.3) is 0 Å². The number of hydrogen-bond donors (Lipinski definition) is 1. The first kappa shape index (κ1) is 13.1. The third-order valence-corrected chi connectivity index (χ3v) is 3.70. The average Bonchev–Trinajstić information content (AvgIpc) is 2.74. The number of aromatic nitrogens is 1. The molecule has 1 N–H and O–H groups in total. The summed E-state index contributed by atoms with van der Waals surface area (Å²) in [6, 6.07) is 6.15. The number of nitrogens with zero attached hydrogens (tertiary/aromatic N) is 2. The van der Waals surface area contributed by atoms with Crippen LogP contribution in [0.2, 0.25) is 0 Å². The molecule has 2 aromatic rings. The van der Waals surface area contributed by atoms with Gasteiger partial charge in [-0.25, -0.2) is 4.98 Å². The Bertz CT molecular complexity index is 536. The maximum atomic E-state index is 9.42. The molecule has 3 nitrogen and oxygen atoms in total. The fourth-order valence-electron chi connectivity index (χ4n) is 2.02. The molecule has 0 amide bonds. The van der Waals surface area contributed by atoms with Crippen molar-refractivity contribution < 1.29 is 5.11 Å². The maximum absolute atomic E-state index is 9.42. The largest absolute Gasteiger partial charge is 0.392 e. The highest BCUT2D eigenvalue weighted by molar-refractivity contribution is 7.09. The summed E-state index contributed by atoms with van der Waals surface area (Å²) in [5.74, 6) is 0. The number of benzene rings is 1. The van der Waals surface area contributed by atoms with E-state index in [9.17, 15) is 5.11 Å². The monoisotopic (exact) mass is 262 g/mol. The van der Waals surface area contributed by atoms with Crippen LogP contribution in [-0.4, -0.2) is 17.1 Å². The van der Waals surface area contributed by atoms with Gasteiger partial charge in [0.25, 0.3) is 0 Å². The van der Waals surface area contributed by atoms with E-state index in [0.717, 1.165) is 28.5 Å². The SMILES string of the molecule is Cc1ccc(N(C)Cc2csc(C)n2)c(CO)c1. The van der Waals surface area contributed by atoms with Crippen LogP contribution < -0.4 is 4.90 Å². The highest BCUT2D eigenvalue weighted by Gasteiger charge is 2.09. The van der Waals surface area contributed by atoms with Crippen LogP contribution >= 0.6 is 11.3 Å². The van der Waals surface area contributed by atoms with E-state index in [1.165, 1.54) is 5.56 Å². The summed E-state index contributed by atoms with van der Waals surface area (Å²) >= 11 is 1.67. The van der Waals surface area contributed by atoms with Gasteiger partial charge in [-0.2, -0.15) is 0 Å². The summed E-state index contributed by atoms with van der Waals surface area (Å²) in [6.07, 6.45) is 0. The molecule has 0 aliphatic rings. The Kier molecular flexibility index (Phi) is 3.99. The van der Waals surface area contributed by atoms with Crippen molar-refractivity contribution in [2.75, 3.05) is 11.9 Å². The lowest BCUT2D eigenvalue weighted by molar-refractivity contribution is 0.282. The molecule has 0 spiro atoms. The number of aliphatic hydroxyl groups excluding tert-OH is 1. The van der Waals surface area contributed by atoms with Gasteiger partial charge in [-0.3, -0.25) is 0 Å². The second-order valence-electron chi connectivity index (χ2n) is 4.50. The van der Waals surface area contributed by atoms with Crippen LogP contribution in [-0.2, 0) is 13.2 Å². The molecular weight excluding hydrogens is 244 g/mol. The molecule has 1 aromatic heterocycles. The van der Waals surface area contributed by atoms with Gasteiger partial charge in [-0.1, -0.05) is 17.7 Å². The quantitative estimate of drug-likeness (QED) is 0.920. The summed E-state index contributed by atoms with van der Waals surface area (Å²) in [5, 5.41) is 12.6. The standard InChI is InChI=1S/C14H18N2OS/c1-10-4-5-14(12(6-10)8-17)16(3)7-13-9-18-11(2)15-13/h4-6,9,17H,7-8H2,1-3H3. The Morgan fingerprint density at radius 1 is 1.33 bits per heavy atom. The van der Waals surface area contributed by atoms with Crippen LogP contribution in [0.3, 0.4) is 0 Å². The van der Waals surface area contributed by atoms with Crippen molar-refractivity contribution in [2.45, 2.75) is 27.0 Å². The second kappa shape index (κ2) is 5.50. The summed E-state index contributed by atoms with van der Waals surface area (Å²) in [6.45, 7) is 4.88. The molecule has 4 heteroatoms. The fraction of sp³-hybridized carbons (Fsp3) is 0.357. The lowest BCUT2D eigenvalue weighted by atomic mass is 10.1. The Morgan fingerprint density at radius 3 is 2.72 bits per heavy atom. The van der Waals surface area contributed by atoms with Gasteiger partial charge >= 0.3 is 0 Å². The Balaban J connectivity index is 2.20. The molecule has 0 radical (unpaired) electrons. The molecule has 96 valence electrons. The van der Waals surface area contributed by atoms with Gasteiger partial charge in [-0.05, 0) is 19.9 Å². The molecule has 0 aliphatic heterocycles. The van der Waals surface area contributed by atoms with Crippen molar-refractivity contribution in [3.8, 4) is 0 Å². The zero-order valence-corrected chi connectivity index (χ0v) is 11.8. The first-order chi connectivity index (χ1) is 8.60. The van der Waals surface area contributed by atoms with Gasteiger partial charge < -0.3 is 10.0 Å². The molecule has 0 fully saturated rings. The van der Waals surface area contributed by atoms with Gasteiger partial charge in [0, 0.05) is 23.7 Å². The second-order valence-corrected chi connectivity index (χ2v) is 5.57. The zero-order chi connectivity index (χ0) is 13.1. The van der Waals surface area contributed by atoms with E-state index in [4.69, 9.17) is 0 Å². The maximum Gasteiger partial charge on any atom is 0.0898 e. The minimum absolute atomic E-state index is 0.0669. The van der Waals surface area contributed by atoms with E-state index in [1.54, 1.807) is 11.3 Å². The number of hydrogen-bond acceptors (Lipinski definition) is 4. The number of aliphatic hydroxyl groups is 1. The fourth-order valence-corrected chi connectivity index (χ4v) is 2.63. The smallest absolute Gasteiger partial charge is 0.0898 e. The number of anilines is 1. The summed E-state index contributed by atoms with van der Waals surface area (Å²) < 4.78 is 0. The lowest BCUT2D eigenvalue weighted by Crippen LogP contribution is -2.18. The molecule has 0 bridgehead atoms. The van der Waals surface area contributed by atoms with E-state index < -0.39 is 0 Å². The third-order valence-electron chi connectivity index (χ3n) is 2.88. The van der Waals surface area contributed by atoms with Crippen LogP contribution in [0, 0.1) is 13.8 Å². The third kappa shape index (κ3) is 2.89. The van der Waals surface area contributed by atoms with E-state index in [1.807, 2.05) is 27.0 Å². The van der Waals surface area contributed by atoms with Crippen molar-refractivity contribution in [1.82, 2.24) is 4.98 Å². The highest BCUT2D eigenvalue weighted by atomic mass is 32.1. The highest BCUT2D eigenvalue weighted by Crippen LogP contribution is 2.23. The van der Waals surface area contributed by atoms with Crippen molar-refractivity contribution in [3.05, 3.63) is 45.4 Å². The summed E-state index contributed by atoms with van der Waals surface area (Å²) in [7, 11) is 2.03. The van der Waals surface area contributed by atoms with Crippen LogP contribution in [0.5, 0.6) is 0 Å². The zero-order valence-electron chi connectivity index (χ0n) is 11.0. The molecule has 0 aliphatic carbocycles. The van der Waals surface area contributed by atoms with E-state index in [0.29, 0.717) is 0 Å². The number of thiazole rings is 1. The molecule has 1 heterocycles. The van der Waals surface area contributed by atoms with Gasteiger partial charge in [0.2, 0.25) is 0 Å². The minimum atomic E-state index is 0.0669. The minimum Gasteiger partial charge on any atom is -0.392 e. The van der Waals surface area contributed by atoms with Crippen molar-refractivity contribution in [2.24, 2.45) is 0 Å². The molecule has 1 aromatic carbocycles. The Hall–Kier alpha value is -1.39. The average molecular weight is 262 g/mol. The first-order valence-electron chi connectivity index (χ1n) is 5.92. The molecule has 18 heavy (non-hydrogen) atoms. The summed E-state index contributed by atoms with van der Waals surface area (Å²) in [5.41, 5.74) is 4.27. The topological polar surface area (TPSA) is 36.4 Å². The van der Waals surface area contributed by atoms with Gasteiger partial charge in [-0.15, -0.1) is 11.3 Å². The van der Waals surface area contributed by atoms with Crippen LogP contribution in [0.4, 0.5) is 5.69 Å². The van der Waals surface area contributed by atoms with E-state index >= 15 is 0 Å². The molecule has 0 atom stereocenters. The van der Waals surface area contributed by atoms with Gasteiger partial charge in [0.15, 0.2) is 0 Å². The van der Waals surface area contributed by atoms with E-state index in [-0.39, 0.29) is 6.61 Å². The molecule has 0 saturated heterocycles. The van der Waals surface area contributed by atoms with Crippen LogP contribution in [0.1, 0.15) is 21.8 Å². The lowest BCUT2D eigenvalue weighted by Gasteiger charge is -2.21. The number of aryl methyl sites for hydroxylation is 2. The van der Waals surface area contributed by atoms with Crippen LogP contribution in [0.15, 0.2) is 23.6 Å². The Morgan fingerprint density at radius 2 is 2.11 bits per heavy atom. The normalized spacial score (nSPS) is 10.7. The van der Waals surface area contributed by atoms with Crippen molar-refractivity contribution in [1.29, 1.82) is 0 Å². The van der Waals surface area contributed by atoms with Crippen molar-refractivity contribution >= 4 is 17.0 Å². The molecular formula is C14H18N2OS. The number of rotatable bonds is 4. The predicted molar refractivity (Wildman–Crippen MR) is 76.1 cm³/mol. The van der Waals surface area contributed by atoms with Gasteiger partial charge in [0.1, 0.15) is 0 Å². The molecule has 0 unspecified atom stereocenters. The molecule has 0 saturated carbocycles. The van der Waals surface area contributed by atoms with Crippen molar-refractivity contribution in [3.63, 3.8) is 0 Å². The molecule has 2 rings (SSSR count). The van der Waals surface area contributed by atoms with E-state index in [2.05, 4.69) is 27.4 Å². The predicted octanol–water partition coefficient (Wildman–Crippen LogP) is 2.89. The van der Waals surface area contributed by atoms with Gasteiger partial charge in [0.05, 0.1) is 23.9 Å². The first-order valence-corrected chi connectivity index (χ1v) is 6.80. The Labute approximate surface area is 112 Å². The summed E-state index contributed by atoms with van der Waals surface area (Å²) in [4.78, 5) is 6.59.